The minimum atomic E-state index is 0.341. The van der Waals surface area contributed by atoms with E-state index in [0.29, 0.717) is 10.8 Å². The molecule has 2 rings (SSSR count). The van der Waals surface area contributed by atoms with Crippen molar-refractivity contribution in [3.63, 3.8) is 0 Å². The maximum Gasteiger partial charge on any atom is 0.120 e. The molecule has 0 bridgehead atoms. The first kappa shape index (κ1) is 14.6. The Bertz CT molecular complexity index is 405. The lowest BCUT2D eigenvalue weighted by Crippen LogP contribution is -2.35. The molecule has 1 aliphatic heterocycles. The first-order valence-electron chi connectivity index (χ1n) is 7.09. The van der Waals surface area contributed by atoms with Crippen LogP contribution in [0.1, 0.15) is 25.3 Å². The lowest BCUT2D eigenvalue weighted by molar-refractivity contribution is 0.205. The normalized spacial score (nSPS) is 17.0. The molecule has 2 N–H and O–H groups in total. The summed E-state index contributed by atoms with van der Waals surface area (Å²) in [5.74, 6) is 1.11. The maximum atomic E-state index is 9.89. The summed E-state index contributed by atoms with van der Waals surface area (Å²) in [4.78, 5) is 2.39. The number of phenolic OH excluding ortho intramolecular Hbond substituents is 1. The molecule has 1 aromatic rings. The molecule has 0 aliphatic carbocycles. The summed E-state index contributed by atoms with van der Waals surface area (Å²) in [5, 5.41) is 14.0. The average Bonchev–Trinajstić information content (AvgIpc) is 2.43. The Morgan fingerprint density at radius 2 is 2.11 bits per heavy atom. The van der Waals surface area contributed by atoms with Gasteiger partial charge in [0.25, 0.3) is 0 Å². The van der Waals surface area contributed by atoms with Crippen LogP contribution in [0.5, 0.6) is 5.75 Å². The second kappa shape index (κ2) is 7.13. The Kier molecular flexibility index (Phi) is 5.49. The van der Waals surface area contributed by atoms with Gasteiger partial charge in [0, 0.05) is 23.7 Å². The smallest absolute Gasteiger partial charge is 0.120 e. The highest BCUT2D eigenvalue weighted by Crippen LogP contribution is 2.24. The van der Waals surface area contributed by atoms with Gasteiger partial charge in [-0.1, -0.05) is 18.5 Å². The predicted molar refractivity (Wildman–Crippen MR) is 79.7 cm³/mol. The van der Waals surface area contributed by atoms with E-state index in [-0.39, 0.29) is 0 Å². The standard InChI is InChI=1S/C15H23ClN2O/c1-2-18(10-12-5-7-17-8-6-12)11-13-9-14(16)3-4-15(13)19/h3-4,9,12,17,19H,2,5-8,10-11H2,1H3. The zero-order valence-electron chi connectivity index (χ0n) is 11.5. The van der Waals surface area contributed by atoms with Crippen LogP contribution < -0.4 is 5.32 Å². The minimum Gasteiger partial charge on any atom is -0.508 e. The van der Waals surface area contributed by atoms with Gasteiger partial charge in [-0.15, -0.1) is 0 Å². The summed E-state index contributed by atoms with van der Waals surface area (Å²) in [5.41, 5.74) is 0.920. The fourth-order valence-electron chi connectivity index (χ4n) is 2.66. The van der Waals surface area contributed by atoms with E-state index in [1.807, 2.05) is 6.07 Å². The highest BCUT2D eigenvalue weighted by Gasteiger charge is 2.17. The highest BCUT2D eigenvalue weighted by atomic mass is 35.5. The third kappa shape index (κ3) is 4.37. The van der Waals surface area contributed by atoms with Crippen molar-refractivity contribution >= 4 is 11.6 Å². The van der Waals surface area contributed by atoms with Crippen LogP contribution in [0, 0.1) is 5.92 Å². The third-order valence-electron chi connectivity index (χ3n) is 3.86. The third-order valence-corrected chi connectivity index (χ3v) is 4.09. The SMILES string of the molecule is CCN(Cc1cc(Cl)ccc1O)CC1CCNCC1. The molecule has 1 saturated heterocycles. The van der Waals surface area contributed by atoms with E-state index in [1.165, 1.54) is 12.8 Å². The predicted octanol–water partition coefficient (Wildman–Crippen LogP) is 2.87. The van der Waals surface area contributed by atoms with Gasteiger partial charge in [0.1, 0.15) is 5.75 Å². The zero-order chi connectivity index (χ0) is 13.7. The molecule has 0 amide bonds. The number of hydrogen-bond donors (Lipinski definition) is 2. The lowest BCUT2D eigenvalue weighted by atomic mass is 9.97. The fraction of sp³-hybridized carbons (Fsp3) is 0.600. The fourth-order valence-corrected chi connectivity index (χ4v) is 2.85. The van der Waals surface area contributed by atoms with E-state index in [2.05, 4.69) is 17.1 Å². The topological polar surface area (TPSA) is 35.5 Å². The second-order valence-electron chi connectivity index (χ2n) is 5.29. The number of piperidine rings is 1. The number of nitrogens with zero attached hydrogens (tertiary/aromatic N) is 1. The number of nitrogens with one attached hydrogen (secondary N) is 1. The van der Waals surface area contributed by atoms with Crippen molar-refractivity contribution in [3.05, 3.63) is 28.8 Å². The van der Waals surface area contributed by atoms with E-state index >= 15 is 0 Å². The number of aromatic hydroxyl groups is 1. The Hall–Kier alpha value is -0.770. The monoisotopic (exact) mass is 282 g/mol. The molecule has 1 fully saturated rings. The molecule has 0 unspecified atom stereocenters. The van der Waals surface area contributed by atoms with Crippen molar-refractivity contribution in [2.45, 2.75) is 26.3 Å². The van der Waals surface area contributed by atoms with Crippen molar-refractivity contribution in [2.75, 3.05) is 26.2 Å². The van der Waals surface area contributed by atoms with Crippen LogP contribution in [0.25, 0.3) is 0 Å². The van der Waals surface area contributed by atoms with Gasteiger partial charge in [0.05, 0.1) is 0 Å². The van der Waals surface area contributed by atoms with Gasteiger partial charge >= 0.3 is 0 Å². The summed E-state index contributed by atoms with van der Waals surface area (Å²) in [6.45, 7) is 7.30. The van der Waals surface area contributed by atoms with Crippen LogP contribution in [0.4, 0.5) is 0 Å². The summed E-state index contributed by atoms with van der Waals surface area (Å²) in [6.07, 6.45) is 2.50. The van der Waals surface area contributed by atoms with Crippen LogP contribution >= 0.6 is 11.6 Å². The van der Waals surface area contributed by atoms with Gasteiger partial charge in [-0.3, -0.25) is 4.90 Å². The summed E-state index contributed by atoms with van der Waals surface area (Å²) in [7, 11) is 0. The van der Waals surface area contributed by atoms with Gasteiger partial charge in [-0.25, -0.2) is 0 Å². The van der Waals surface area contributed by atoms with Crippen molar-refractivity contribution in [1.82, 2.24) is 10.2 Å². The second-order valence-corrected chi connectivity index (χ2v) is 5.73. The average molecular weight is 283 g/mol. The van der Waals surface area contributed by atoms with E-state index in [4.69, 9.17) is 11.6 Å². The Labute approximate surface area is 120 Å². The molecule has 0 aromatic heterocycles. The van der Waals surface area contributed by atoms with Crippen molar-refractivity contribution in [2.24, 2.45) is 5.92 Å². The molecule has 106 valence electrons. The maximum absolute atomic E-state index is 9.89. The molecule has 0 spiro atoms. The van der Waals surface area contributed by atoms with Gasteiger partial charge in [-0.05, 0) is 56.6 Å². The minimum absolute atomic E-state index is 0.341. The van der Waals surface area contributed by atoms with Crippen LogP contribution in [-0.2, 0) is 6.54 Å². The highest BCUT2D eigenvalue weighted by molar-refractivity contribution is 6.30. The number of rotatable bonds is 5. The molecule has 0 atom stereocenters. The zero-order valence-corrected chi connectivity index (χ0v) is 12.3. The number of halogens is 1. The Morgan fingerprint density at radius 1 is 1.37 bits per heavy atom. The van der Waals surface area contributed by atoms with Crippen molar-refractivity contribution < 1.29 is 5.11 Å². The van der Waals surface area contributed by atoms with E-state index in [0.717, 1.165) is 44.2 Å². The quantitative estimate of drug-likeness (QED) is 0.872. The van der Waals surface area contributed by atoms with Gasteiger partial charge in [0.15, 0.2) is 0 Å². The molecular formula is C15H23ClN2O. The van der Waals surface area contributed by atoms with E-state index in [1.54, 1.807) is 12.1 Å². The van der Waals surface area contributed by atoms with Crippen molar-refractivity contribution in [1.29, 1.82) is 0 Å². The summed E-state index contributed by atoms with van der Waals surface area (Å²) in [6, 6.07) is 5.27. The molecular weight excluding hydrogens is 260 g/mol. The van der Waals surface area contributed by atoms with Gasteiger partial charge in [0.2, 0.25) is 0 Å². The van der Waals surface area contributed by atoms with Crippen LogP contribution in [0.2, 0.25) is 5.02 Å². The van der Waals surface area contributed by atoms with Crippen LogP contribution in [0.3, 0.4) is 0 Å². The number of benzene rings is 1. The number of phenols is 1. The van der Waals surface area contributed by atoms with Gasteiger partial charge in [-0.2, -0.15) is 0 Å². The molecule has 1 aliphatic rings. The molecule has 1 aromatic carbocycles. The van der Waals surface area contributed by atoms with Crippen LogP contribution in [0.15, 0.2) is 18.2 Å². The molecule has 1 heterocycles. The Balaban J connectivity index is 1.95. The molecule has 0 radical (unpaired) electrons. The molecule has 3 nitrogen and oxygen atoms in total. The Morgan fingerprint density at radius 3 is 2.79 bits per heavy atom. The van der Waals surface area contributed by atoms with E-state index < -0.39 is 0 Å². The van der Waals surface area contributed by atoms with E-state index in [9.17, 15) is 5.11 Å². The molecule has 19 heavy (non-hydrogen) atoms. The first-order valence-corrected chi connectivity index (χ1v) is 7.47. The van der Waals surface area contributed by atoms with Crippen molar-refractivity contribution in [3.8, 4) is 5.75 Å². The van der Waals surface area contributed by atoms with Gasteiger partial charge < -0.3 is 10.4 Å². The first-order chi connectivity index (χ1) is 9.19. The largest absolute Gasteiger partial charge is 0.508 e. The van der Waals surface area contributed by atoms with Crippen LogP contribution in [-0.4, -0.2) is 36.2 Å². The lowest BCUT2D eigenvalue weighted by Gasteiger charge is -2.29. The summed E-state index contributed by atoms with van der Waals surface area (Å²) < 4.78 is 0. The molecule has 4 heteroatoms. The number of hydrogen-bond acceptors (Lipinski definition) is 3. The summed E-state index contributed by atoms with van der Waals surface area (Å²) >= 11 is 6.00. The molecule has 0 saturated carbocycles.